The van der Waals surface area contributed by atoms with Crippen LogP contribution in [-0.4, -0.2) is 27.1 Å². The molecule has 1 atom stereocenters. The minimum Gasteiger partial charge on any atom is -0.336 e. The molecule has 2 heterocycles. The van der Waals surface area contributed by atoms with Gasteiger partial charge in [-0.05, 0) is 18.6 Å². The molecule has 100 valence electrons. The Kier molecular flexibility index (Phi) is 4.49. The average Bonchev–Trinajstić information content (AvgIpc) is 2.93. The van der Waals surface area contributed by atoms with E-state index in [2.05, 4.69) is 20.6 Å². The fourth-order valence-corrected chi connectivity index (χ4v) is 1.68. The number of imidazole rings is 1. The van der Waals surface area contributed by atoms with E-state index in [-0.39, 0.29) is 12.1 Å². The van der Waals surface area contributed by atoms with Crippen molar-refractivity contribution in [3.05, 3.63) is 48.8 Å². The van der Waals surface area contributed by atoms with E-state index < -0.39 is 0 Å². The molecule has 19 heavy (non-hydrogen) atoms. The van der Waals surface area contributed by atoms with Crippen LogP contribution in [0.1, 0.15) is 18.5 Å². The Morgan fingerprint density at radius 2 is 2.32 bits per heavy atom. The van der Waals surface area contributed by atoms with Crippen molar-refractivity contribution in [1.29, 1.82) is 0 Å². The number of nitrogens with zero attached hydrogens (tertiary/aromatic N) is 3. The highest BCUT2D eigenvalue weighted by atomic mass is 16.2. The van der Waals surface area contributed by atoms with Crippen LogP contribution in [0.4, 0.5) is 4.79 Å². The van der Waals surface area contributed by atoms with Crippen molar-refractivity contribution in [2.75, 3.05) is 6.54 Å². The first-order valence-electron chi connectivity index (χ1n) is 6.16. The molecule has 0 aliphatic rings. The second-order valence-corrected chi connectivity index (χ2v) is 4.21. The standard InChI is InChI=1S/C13H17N5O/c1-11(12-3-2-4-14-9-12)17-13(19)16-6-8-18-7-5-15-10-18/h2-5,7,9-11H,6,8H2,1H3,(H2,16,17,19). The van der Waals surface area contributed by atoms with E-state index in [1.165, 1.54) is 0 Å². The van der Waals surface area contributed by atoms with Crippen LogP contribution in [0.5, 0.6) is 0 Å². The smallest absolute Gasteiger partial charge is 0.315 e. The summed E-state index contributed by atoms with van der Waals surface area (Å²) < 4.78 is 1.91. The molecular formula is C13H17N5O. The van der Waals surface area contributed by atoms with Crippen LogP contribution < -0.4 is 10.6 Å². The Balaban J connectivity index is 1.72. The Morgan fingerprint density at radius 3 is 3.00 bits per heavy atom. The van der Waals surface area contributed by atoms with E-state index in [1.54, 1.807) is 24.9 Å². The summed E-state index contributed by atoms with van der Waals surface area (Å²) in [6.45, 7) is 3.18. The highest BCUT2D eigenvalue weighted by Crippen LogP contribution is 2.08. The number of hydrogen-bond donors (Lipinski definition) is 2. The molecule has 1 unspecified atom stereocenters. The van der Waals surface area contributed by atoms with Gasteiger partial charge in [0.25, 0.3) is 0 Å². The molecule has 0 aliphatic carbocycles. The van der Waals surface area contributed by atoms with Gasteiger partial charge in [0.1, 0.15) is 0 Å². The van der Waals surface area contributed by atoms with Gasteiger partial charge in [-0.3, -0.25) is 4.98 Å². The van der Waals surface area contributed by atoms with Crippen molar-refractivity contribution in [2.45, 2.75) is 19.5 Å². The Morgan fingerprint density at radius 1 is 1.42 bits per heavy atom. The van der Waals surface area contributed by atoms with Crippen LogP contribution in [0, 0.1) is 0 Å². The number of pyridine rings is 1. The SMILES string of the molecule is CC(NC(=O)NCCn1ccnc1)c1cccnc1. The van der Waals surface area contributed by atoms with Crippen LogP contribution in [-0.2, 0) is 6.54 Å². The fourth-order valence-electron chi connectivity index (χ4n) is 1.68. The Hall–Kier alpha value is -2.37. The van der Waals surface area contributed by atoms with E-state index in [1.807, 2.05) is 29.8 Å². The second kappa shape index (κ2) is 6.53. The molecule has 2 rings (SSSR count). The van der Waals surface area contributed by atoms with Crippen LogP contribution in [0.3, 0.4) is 0 Å². The van der Waals surface area contributed by atoms with Crippen molar-refractivity contribution in [1.82, 2.24) is 25.2 Å². The quantitative estimate of drug-likeness (QED) is 0.851. The van der Waals surface area contributed by atoms with Gasteiger partial charge in [-0.25, -0.2) is 9.78 Å². The fraction of sp³-hybridized carbons (Fsp3) is 0.308. The molecule has 2 amide bonds. The first-order chi connectivity index (χ1) is 9.25. The minimum atomic E-state index is -0.184. The van der Waals surface area contributed by atoms with Gasteiger partial charge >= 0.3 is 6.03 Å². The zero-order valence-corrected chi connectivity index (χ0v) is 10.8. The maximum atomic E-state index is 11.7. The summed E-state index contributed by atoms with van der Waals surface area (Å²) in [4.78, 5) is 19.7. The van der Waals surface area contributed by atoms with Crippen molar-refractivity contribution < 1.29 is 4.79 Å². The summed E-state index contributed by atoms with van der Waals surface area (Å²) in [5.41, 5.74) is 0.979. The third kappa shape index (κ3) is 4.09. The third-order valence-corrected chi connectivity index (χ3v) is 2.75. The molecule has 6 heteroatoms. The van der Waals surface area contributed by atoms with Gasteiger partial charge in [-0.2, -0.15) is 0 Å². The van der Waals surface area contributed by atoms with Gasteiger partial charge < -0.3 is 15.2 Å². The third-order valence-electron chi connectivity index (χ3n) is 2.75. The largest absolute Gasteiger partial charge is 0.336 e. The van der Waals surface area contributed by atoms with Crippen molar-refractivity contribution in [3.8, 4) is 0 Å². The normalized spacial score (nSPS) is 11.8. The number of carbonyl (C=O) groups is 1. The first-order valence-corrected chi connectivity index (χ1v) is 6.16. The van der Waals surface area contributed by atoms with E-state index >= 15 is 0 Å². The predicted molar refractivity (Wildman–Crippen MR) is 71.4 cm³/mol. The topological polar surface area (TPSA) is 71.8 Å². The predicted octanol–water partition coefficient (Wildman–Crippen LogP) is 1.34. The highest BCUT2D eigenvalue weighted by Gasteiger charge is 2.08. The second-order valence-electron chi connectivity index (χ2n) is 4.21. The summed E-state index contributed by atoms with van der Waals surface area (Å²) in [5.74, 6) is 0. The molecule has 0 saturated heterocycles. The zero-order valence-electron chi connectivity index (χ0n) is 10.8. The molecule has 2 N–H and O–H groups in total. The van der Waals surface area contributed by atoms with Crippen molar-refractivity contribution in [3.63, 3.8) is 0 Å². The van der Waals surface area contributed by atoms with Gasteiger partial charge in [0, 0.05) is 37.9 Å². The molecule has 6 nitrogen and oxygen atoms in total. The Labute approximate surface area is 111 Å². The summed E-state index contributed by atoms with van der Waals surface area (Å²) in [5, 5.41) is 5.66. The number of amides is 2. The van der Waals surface area contributed by atoms with E-state index in [4.69, 9.17) is 0 Å². The summed E-state index contributed by atoms with van der Waals surface area (Å²) in [6, 6.07) is 3.53. The van der Waals surface area contributed by atoms with Crippen LogP contribution >= 0.6 is 0 Å². The van der Waals surface area contributed by atoms with E-state index in [0.29, 0.717) is 13.1 Å². The lowest BCUT2D eigenvalue weighted by Crippen LogP contribution is -2.38. The first kappa shape index (κ1) is 13.1. The number of urea groups is 1. The van der Waals surface area contributed by atoms with Crippen LogP contribution in [0.2, 0.25) is 0 Å². The summed E-state index contributed by atoms with van der Waals surface area (Å²) in [6.07, 6.45) is 8.75. The molecule has 0 aliphatic heterocycles. The zero-order chi connectivity index (χ0) is 13.5. The molecule has 2 aromatic heterocycles. The molecule has 2 aromatic rings. The van der Waals surface area contributed by atoms with Gasteiger partial charge in [-0.15, -0.1) is 0 Å². The monoisotopic (exact) mass is 259 g/mol. The maximum absolute atomic E-state index is 11.7. The van der Waals surface area contributed by atoms with E-state index in [0.717, 1.165) is 5.56 Å². The molecule has 0 saturated carbocycles. The number of nitrogens with one attached hydrogen (secondary N) is 2. The lowest BCUT2D eigenvalue weighted by Gasteiger charge is -2.14. The van der Waals surface area contributed by atoms with Gasteiger partial charge in [-0.1, -0.05) is 6.07 Å². The number of carbonyl (C=O) groups excluding carboxylic acids is 1. The molecule has 0 bridgehead atoms. The number of hydrogen-bond acceptors (Lipinski definition) is 3. The van der Waals surface area contributed by atoms with Crippen molar-refractivity contribution >= 4 is 6.03 Å². The Bertz CT molecular complexity index is 497. The molecule has 0 spiro atoms. The lowest BCUT2D eigenvalue weighted by atomic mass is 10.1. The van der Waals surface area contributed by atoms with Gasteiger partial charge in [0.15, 0.2) is 0 Å². The maximum Gasteiger partial charge on any atom is 0.315 e. The summed E-state index contributed by atoms with van der Waals surface area (Å²) in [7, 11) is 0. The average molecular weight is 259 g/mol. The number of rotatable bonds is 5. The molecular weight excluding hydrogens is 242 g/mol. The highest BCUT2D eigenvalue weighted by molar-refractivity contribution is 5.74. The van der Waals surface area contributed by atoms with Gasteiger partial charge in [0.2, 0.25) is 0 Å². The molecule has 0 radical (unpaired) electrons. The van der Waals surface area contributed by atoms with Crippen LogP contribution in [0.15, 0.2) is 43.2 Å². The van der Waals surface area contributed by atoms with E-state index in [9.17, 15) is 4.79 Å². The lowest BCUT2D eigenvalue weighted by molar-refractivity contribution is 0.237. The molecule has 0 fully saturated rings. The summed E-state index contributed by atoms with van der Waals surface area (Å²) >= 11 is 0. The van der Waals surface area contributed by atoms with Crippen molar-refractivity contribution in [2.24, 2.45) is 0 Å². The number of aromatic nitrogens is 3. The van der Waals surface area contributed by atoms with Gasteiger partial charge in [0.05, 0.1) is 12.4 Å². The van der Waals surface area contributed by atoms with Crippen LogP contribution in [0.25, 0.3) is 0 Å². The minimum absolute atomic E-state index is 0.0676. The molecule has 0 aromatic carbocycles.